The summed E-state index contributed by atoms with van der Waals surface area (Å²) in [4.78, 5) is 7.86. The molecule has 102 valence electrons. The third kappa shape index (κ3) is 2.71. The molecule has 0 aliphatic heterocycles. The van der Waals surface area contributed by atoms with E-state index in [0.29, 0.717) is 13.1 Å². The second-order valence-electron chi connectivity index (χ2n) is 4.78. The molecule has 0 saturated carbocycles. The van der Waals surface area contributed by atoms with Crippen LogP contribution in [0.3, 0.4) is 0 Å². The van der Waals surface area contributed by atoms with Gasteiger partial charge >= 0.3 is 0 Å². The van der Waals surface area contributed by atoms with Gasteiger partial charge in [-0.1, -0.05) is 36.4 Å². The molecule has 3 rings (SSSR count). The largest absolute Gasteiger partial charge is 0.341 e. The number of nitrogens with one attached hydrogen (secondary N) is 2. The van der Waals surface area contributed by atoms with Gasteiger partial charge < -0.3 is 16.0 Å². The average Bonchev–Trinajstić information content (AvgIpc) is 2.90. The fourth-order valence-corrected chi connectivity index (χ4v) is 2.33. The molecule has 2 aromatic carbocycles. The molecule has 1 aromatic heterocycles. The first-order valence-corrected chi connectivity index (χ1v) is 6.78. The summed E-state index contributed by atoms with van der Waals surface area (Å²) in [7, 11) is 0. The quantitative estimate of drug-likeness (QED) is 0.664. The molecule has 4 N–H and O–H groups in total. The van der Waals surface area contributed by atoms with E-state index in [1.165, 1.54) is 11.1 Å². The Morgan fingerprint density at radius 2 is 1.70 bits per heavy atom. The summed E-state index contributed by atoms with van der Waals surface area (Å²) < 4.78 is 0. The third-order valence-corrected chi connectivity index (χ3v) is 3.38. The Bertz CT molecular complexity index is 669. The molecule has 0 aliphatic carbocycles. The predicted molar refractivity (Wildman–Crippen MR) is 81.0 cm³/mol. The number of aromatic nitrogens is 2. The number of benzene rings is 2. The van der Waals surface area contributed by atoms with Gasteiger partial charge in [0, 0.05) is 13.1 Å². The van der Waals surface area contributed by atoms with Crippen molar-refractivity contribution in [3.63, 3.8) is 0 Å². The molecule has 4 nitrogen and oxygen atoms in total. The normalized spacial score (nSPS) is 11.1. The topological polar surface area (TPSA) is 66.7 Å². The van der Waals surface area contributed by atoms with Crippen LogP contribution in [0.2, 0.25) is 0 Å². The number of hydrogen-bond donors (Lipinski definition) is 3. The van der Waals surface area contributed by atoms with E-state index in [-0.39, 0.29) is 0 Å². The van der Waals surface area contributed by atoms with Crippen LogP contribution in [-0.2, 0) is 19.6 Å². The molecule has 0 radical (unpaired) electrons. The van der Waals surface area contributed by atoms with Crippen LogP contribution >= 0.6 is 0 Å². The van der Waals surface area contributed by atoms with Crippen LogP contribution in [0.4, 0.5) is 0 Å². The minimum Gasteiger partial charge on any atom is -0.341 e. The molecule has 0 fully saturated rings. The van der Waals surface area contributed by atoms with Crippen molar-refractivity contribution in [2.45, 2.75) is 19.6 Å². The Morgan fingerprint density at radius 3 is 2.50 bits per heavy atom. The molecule has 0 unspecified atom stereocenters. The lowest BCUT2D eigenvalue weighted by molar-refractivity contribution is 0.666. The number of aromatic amines is 1. The summed E-state index contributed by atoms with van der Waals surface area (Å²) in [5.41, 5.74) is 10.2. The van der Waals surface area contributed by atoms with E-state index >= 15 is 0 Å². The van der Waals surface area contributed by atoms with Gasteiger partial charge in [-0.2, -0.15) is 0 Å². The molecule has 0 atom stereocenters. The summed E-state index contributed by atoms with van der Waals surface area (Å²) in [6.45, 7) is 2.08. The highest BCUT2D eigenvalue weighted by atomic mass is 15.0. The summed E-state index contributed by atoms with van der Waals surface area (Å²) in [5, 5.41) is 3.40. The monoisotopic (exact) mass is 266 g/mol. The van der Waals surface area contributed by atoms with E-state index in [9.17, 15) is 0 Å². The molecule has 20 heavy (non-hydrogen) atoms. The zero-order valence-corrected chi connectivity index (χ0v) is 11.3. The van der Waals surface area contributed by atoms with Gasteiger partial charge in [0.15, 0.2) is 0 Å². The smallest absolute Gasteiger partial charge is 0.121 e. The number of H-pyrrole nitrogens is 1. The molecular formula is C16H18N4. The molecule has 3 aromatic rings. The molecule has 4 heteroatoms. The lowest BCUT2D eigenvalue weighted by Crippen LogP contribution is -2.15. The summed E-state index contributed by atoms with van der Waals surface area (Å²) >= 11 is 0. The van der Waals surface area contributed by atoms with E-state index in [4.69, 9.17) is 5.73 Å². The zero-order valence-electron chi connectivity index (χ0n) is 11.3. The molecule has 0 aliphatic rings. The van der Waals surface area contributed by atoms with Gasteiger partial charge in [0.1, 0.15) is 5.82 Å². The van der Waals surface area contributed by atoms with E-state index < -0.39 is 0 Å². The minimum absolute atomic E-state index is 0.572. The van der Waals surface area contributed by atoms with Gasteiger partial charge in [-0.25, -0.2) is 4.98 Å². The van der Waals surface area contributed by atoms with Crippen molar-refractivity contribution in [1.29, 1.82) is 0 Å². The van der Waals surface area contributed by atoms with Crippen molar-refractivity contribution in [2.24, 2.45) is 5.73 Å². The van der Waals surface area contributed by atoms with E-state index in [2.05, 4.69) is 27.4 Å². The summed E-state index contributed by atoms with van der Waals surface area (Å²) in [6.07, 6.45) is 0. The van der Waals surface area contributed by atoms with Crippen LogP contribution in [0.25, 0.3) is 11.0 Å². The van der Waals surface area contributed by atoms with Gasteiger partial charge in [0.05, 0.1) is 17.6 Å². The van der Waals surface area contributed by atoms with Crippen LogP contribution < -0.4 is 11.1 Å². The van der Waals surface area contributed by atoms with Crippen molar-refractivity contribution < 1.29 is 0 Å². The maximum absolute atomic E-state index is 5.74. The number of para-hydroxylation sites is 2. The van der Waals surface area contributed by atoms with Gasteiger partial charge in [-0.3, -0.25) is 0 Å². The number of rotatable bonds is 5. The maximum Gasteiger partial charge on any atom is 0.121 e. The predicted octanol–water partition coefficient (Wildman–Crippen LogP) is 2.31. The van der Waals surface area contributed by atoms with Gasteiger partial charge in [0.2, 0.25) is 0 Å². The molecule has 0 bridgehead atoms. The van der Waals surface area contributed by atoms with Gasteiger partial charge in [-0.15, -0.1) is 0 Å². The number of hydrogen-bond acceptors (Lipinski definition) is 3. The number of nitrogens with zero attached hydrogens (tertiary/aromatic N) is 1. The van der Waals surface area contributed by atoms with Gasteiger partial charge in [-0.05, 0) is 23.3 Å². The Labute approximate surface area is 118 Å². The SMILES string of the molecule is NCc1ccccc1CNCc1nc2ccccc2[nH]1. The average molecular weight is 266 g/mol. The number of fused-ring (bicyclic) bond motifs is 1. The Morgan fingerprint density at radius 1 is 0.950 bits per heavy atom. The third-order valence-electron chi connectivity index (χ3n) is 3.38. The highest BCUT2D eigenvalue weighted by Gasteiger charge is 2.03. The van der Waals surface area contributed by atoms with E-state index in [0.717, 1.165) is 23.4 Å². The number of imidazole rings is 1. The Kier molecular flexibility index (Phi) is 3.76. The maximum atomic E-state index is 5.74. The Balaban J connectivity index is 1.65. The fourth-order valence-electron chi connectivity index (χ4n) is 2.33. The first kappa shape index (κ1) is 12.8. The van der Waals surface area contributed by atoms with Crippen molar-refractivity contribution in [3.05, 3.63) is 65.5 Å². The summed E-state index contributed by atoms with van der Waals surface area (Å²) in [5.74, 6) is 0.955. The summed E-state index contributed by atoms with van der Waals surface area (Å²) in [6, 6.07) is 16.3. The highest BCUT2D eigenvalue weighted by molar-refractivity contribution is 5.74. The highest BCUT2D eigenvalue weighted by Crippen LogP contribution is 2.11. The molecular weight excluding hydrogens is 248 g/mol. The first-order valence-electron chi connectivity index (χ1n) is 6.78. The fraction of sp³-hybridized carbons (Fsp3) is 0.188. The van der Waals surface area contributed by atoms with E-state index in [1.54, 1.807) is 0 Å². The second kappa shape index (κ2) is 5.86. The van der Waals surface area contributed by atoms with Gasteiger partial charge in [0.25, 0.3) is 0 Å². The van der Waals surface area contributed by atoms with Crippen molar-refractivity contribution in [1.82, 2.24) is 15.3 Å². The van der Waals surface area contributed by atoms with E-state index in [1.807, 2.05) is 36.4 Å². The van der Waals surface area contributed by atoms with Crippen LogP contribution in [0.5, 0.6) is 0 Å². The second-order valence-corrected chi connectivity index (χ2v) is 4.78. The van der Waals surface area contributed by atoms with Crippen molar-refractivity contribution in [2.75, 3.05) is 0 Å². The lowest BCUT2D eigenvalue weighted by atomic mass is 10.1. The van der Waals surface area contributed by atoms with Crippen LogP contribution in [0.1, 0.15) is 17.0 Å². The standard InChI is InChI=1S/C16H18N4/c17-9-12-5-1-2-6-13(12)10-18-11-16-19-14-7-3-4-8-15(14)20-16/h1-8,18H,9-11,17H2,(H,19,20). The van der Waals surface area contributed by atoms with Crippen molar-refractivity contribution >= 4 is 11.0 Å². The molecule has 0 spiro atoms. The number of nitrogens with two attached hydrogens (primary N) is 1. The van der Waals surface area contributed by atoms with Crippen LogP contribution in [-0.4, -0.2) is 9.97 Å². The lowest BCUT2D eigenvalue weighted by Gasteiger charge is -2.08. The minimum atomic E-state index is 0.572. The molecule has 0 saturated heterocycles. The van der Waals surface area contributed by atoms with Crippen LogP contribution in [0.15, 0.2) is 48.5 Å². The molecule has 0 amide bonds. The molecule has 1 heterocycles. The Hall–Kier alpha value is -2.17. The first-order chi connectivity index (χ1) is 9.86. The van der Waals surface area contributed by atoms with Crippen LogP contribution in [0, 0.1) is 0 Å². The zero-order chi connectivity index (χ0) is 13.8. The van der Waals surface area contributed by atoms with Crippen molar-refractivity contribution in [3.8, 4) is 0 Å².